The van der Waals surface area contributed by atoms with Crippen LogP contribution in [0.5, 0.6) is 0 Å². The molecule has 1 saturated carbocycles. The van der Waals surface area contributed by atoms with Crippen LogP contribution in [0.15, 0.2) is 36.5 Å². The molecular weight excluding hydrogens is 326 g/mol. The van der Waals surface area contributed by atoms with E-state index in [9.17, 15) is 4.79 Å². The number of piperidine rings is 1. The molecule has 1 saturated heterocycles. The monoisotopic (exact) mass is 351 g/mol. The summed E-state index contributed by atoms with van der Waals surface area (Å²) in [5.74, 6) is 0.888. The lowest BCUT2D eigenvalue weighted by atomic mass is 9.90. The highest BCUT2D eigenvalue weighted by atomic mass is 16.1. The van der Waals surface area contributed by atoms with E-state index in [1.54, 1.807) is 6.20 Å². The lowest BCUT2D eigenvalue weighted by molar-refractivity contribution is 0.100. The molecule has 2 aliphatic rings. The average molecular weight is 351 g/mol. The van der Waals surface area contributed by atoms with E-state index >= 15 is 0 Å². The van der Waals surface area contributed by atoms with Gasteiger partial charge in [-0.15, -0.1) is 0 Å². The first-order chi connectivity index (χ1) is 12.7. The number of nitrogens with two attached hydrogens (primary N) is 1. The molecule has 2 fully saturated rings. The Labute approximate surface area is 153 Å². The number of carbonyl (C=O) groups is 1. The predicted octanol–water partition coefficient (Wildman–Crippen LogP) is 2.97. The summed E-state index contributed by atoms with van der Waals surface area (Å²) >= 11 is 0. The zero-order valence-electron chi connectivity index (χ0n) is 14.8. The van der Waals surface area contributed by atoms with Crippen LogP contribution in [0.1, 0.15) is 47.5 Å². The number of carbonyl (C=O) groups excluding carboxylic acids is 1. The van der Waals surface area contributed by atoms with Gasteiger partial charge in [0.1, 0.15) is 5.82 Å². The molecule has 1 aliphatic heterocycles. The SMILES string of the molecule is NC(=O)c1cnc(Nc2ccc(C3CCNCC3)cc2)cc1NC1CC1. The number of anilines is 3. The van der Waals surface area contributed by atoms with Crippen molar-refractivity contribution < 1.29 is 4.79 Å². The fourth-order valence-corrected chi connectivity index (χ4v) is 3.43. The van der Waals surface area contributed by atoms with Gasteiger partial charge in [0.15, 0.2) is 0 Å². The Kier molecular flexibility index (Phi) is 4.75. The van der Waals surface area contributed by atoms with Gasteiger partial charge in [0, 0.05) is 24.0 Å². The lowest BCUT2D eigenvalue weighted by Gasteiger charge is -2.23. The third-order valence-electron chi connectivity index (χ3n) is 5.10. The van der Waals surface area contributed by atoms with Gasteiger partial charge in [0.05, 0.1) is 11.3 Å². The third-order valence-corrected chi connectivity index (χ3v) is 5.10. The molecule has 2 heterocycles. The van der Waals surface area contributed by atoms with Gasteiger partial charge in [-0.05, 0) is 62.4 Å². The standard InChI is InChI=1S/C20H25N5O/c21-20(26)17-12-23-19(11-18(17)24-15-5-6-15)25-16-3-1-13(2-4-16)14-7-9-22-10-8-14/h1-4,11-12,14-15,22H,5-10H2,(H2,21,26)(H2,23,24,25). The third kappa shape index (κ3) is 3.96. The number of benzene rings is 1. The molecule has 0 spiro atoms. The van der Waals surface area contributed by atoms with Crippen molar-refractivity contribution in [3.05, 3.63) is 47.7 Å². The number of hydrogen-bond donors (Lipinski definition) is 4. The normalized spacial score (nSPS) is 17.7. The van der Waals surface area contributed by atoms with Gasteiger partial charge < -0.3 is 21.7 Å². The highest BCUT2D eigenvalue weighted by Crippen LogP contribution is 2.30. The van der Waals surface area contributed by atoms with E-state index in [1.165, 1.54) is 18.4 Å². The van der Waals surface area contributed by atoms with Crippen molar-refractivity contribution in [2.45, 2.75) is 37.6 Å². The molecule has 4 rings (SSSR count). The number of nitrogens with one attached hydrogen (secondary N) is 3. The summed E-state index contributed by atoms with van der Waals surface area (Å²) in [7, 11) is 0. The molecule has 136 valence electrons. The molecule has 2 aromatic rings. The minimum Gasteiger partial charge on any atom is -0.382 e. The fraction of sp³-hybridized carbons (Fsp3) is 0.400. The molecule has 1 aliphatic carbocycles. The van der Waals surface area contributed by atoms with Crippen molar-refractivity contribution >= 4 is 23.1 Å². The van der Waals surface area contributed by atoms with Crippen LogP contribution < -0.4 is 21.7 Å². The van der Waals surface area contributed by atoms with Crippen LogP contribution in [0.3, 0.4) is 0 Å². The van der Waals surface area contributed by atoms with E-state index in [-0.39, 0.29) is 0 Å². The van der Waals surface area contributed by atoms with E-state index in [4.69, 9.17) is 5.73 Å². The van der Waals surface area contributed by atoms with Crippen LogP contribution in [0.4, 0.5) is 17.2 Å². The summed E-state index contributed by atoms with van der Waals surface area (Å²) in [6.07, 6.45) is 6.18. The van der Waals surface area contributed by atoms with Crippen molar-refractivity contribution in [1.82, 2.24) is 10.3 Å². The molecule has 6 heteroatoms. The quantitative estimate of drug-likeness (QED) is 0.642. The van der Waals surface area contributed by atoms with Gasteiger partial charge in [0.25, 0.3) is 5.91 Å². The number of amides is 1. The van der Waals surface area contributed by atoms with Crippen molar-refractivity contribution in [2.24, 2.45) is 5.73 Å². The van der Waals surface area contributed by atoms with Gasteiger partial charge in [-0.25, -0.2) is 4.98 Å². The van der Waals surface area contributed by atoms with E-state index in [0.29, 0.717) is 23.3 Å². The second-order valence-electron chi connectivity index (χ2n) is 7.17. The summed E-state index contributed by atoms with van der Waals surface area (Å²) in [6.45, 7) is 2.19. The number of nitrogens with zero attached hydrogens (tertiary/aromatic N) is 1. The summed E-state index contributed by atoms with van der Waals surface area (Å²) < 4.78 is 0. The molecule has 1 aromatic carbocycles. The molecule has 6 nitrogen and oxygen atoms in total. The number of primary amides is 1. The van der Waals surface area contributed by atoms with Gasteiger partial charge >= 0.3 is 0 Å². The zero-order chi connectivity index (χ0) is 17.9. The number of aromatic nitrogens is 1. The molecule has 0 unspecified atom stereocenters. The van der Waals surface area contributed by atoms with Crippen LogP contribution in [-0.4, -0.2) is 30.0 Å². The minimum atomic E-state index is -0.460. The van der Waals surface area contributed by atoms with E-state index in [0.717, 1.165) is 37.3 Å². The Morgan fingerprint density at radius 1 is 1.12 bits per heavy atom. The first-order valence-electron chi connectivity index (χ1n) is 9.33. The van der Waals surface area contributed by atoms with Crippen molar-refractivity contribution in [3.63, 3.8) is 0 Å². The number of pyridine rings is 1. The lowest BCUT2D eigenvalue weighted by Crippen LogP contribution is -2.26. The smallest absolute Gasteiger partial charge is 0.252 e. The molecular formula is C20H25N5O. The largest absolute Gasteiger partial charge is 0.382 e. The topological polar surface area (TPSA) is 92.1 Å². The highest BCUT2D eigenvalue weighted by Gasteiger charge is 2.23. The van der Waals surface area contributed by atoms with Crippen molar-refractivity contribution in [2.75, 3.05) is 23.7 Å². The Hall–Kier alpha value is -2.60. The predicted molar refractivity (Wildman–Crippen MR) is 104 cm³/mol. The molecule has 1 amide bonds. The summed E-state index contributed by atoms with van der Waals surface area (Å²) in [4.78, 5) is 15.9. The Balaban J connectivity index is 1.48. The second kappa shape index (κ2) is 7.33. The van der Waals surface area contributed by atoms with Gasteiger partial charge in [0.2, 0.25) is 0 Å². The molecule has 0 radical (unpaired) electrons. The maximum Gasteiger partial charge on any atom is 0.252 e. The highest BCUT2D eigenvalue weighted by molar-refractivity contribution is 5.98. The number of rotatable bonds is 6. The summed E-state index contributed by atoms with van der Waals surface area (Å²) in [5.41, 5.74) is 9.02. The van der Waals surface area contributed by atoms with Crippen molar-refractivity contribution in [1.29, 1.82) is 0 Å². The van der Waals surface area contributed by atoms with Crippen LogP contribution >= 0.6 is 0 Å². The maximum atomic E-state index is 11.6. The van der Waals surface area contributed by atoms with Crippen LogP contribution in [-0.2, 0) is 0 Å². The van der Waals surface area contributed by atoms with E-state index in [2.05, 4.69) is 45.2 Å². The minimum absolute atomic E-state index is 0.434. The second-order valence-corrected chi connectivity index (χ2v) is 7.17. The molecule has 26 heavy (non-hydrogen) atoms. The number of hydrogen-bond acceptors (Lipinski definition) is 5. The van der Waals surface area contributed by atoms with Gasteiger partial charge in [-0.1, -0.05) is 12.1 Å². The van der Waals surface area contributed by atoms with Gasteiger partial charge in [-0.2, -0.15) is 0 Å². The summed E-state index contributed by atoms with van der Waals surface area (Å²) in [5, 5.41) is 10.1. The molecule has 0 bridgehead atoms. The van der Waals surface area contributed by atoms with E-state index in [1.807, 2.05) is 6.07 Å². The van der Waals surface area contributed by atoms with Gasteiger partial charge in [-0.3, -0.25) is 4.79 Å². The first-order valence-corrected chi connectivity index (χ1v) is 9.33. The first kappa shape index (κ1) is 16.8. The summed E-state index contributed by atoms with van der Waals surface area (Å²) in [6, 6.07) is 10.9. The Morgan fingerprint density at radius 3 is 2.50 bits per heavy atom. The van der Waals surface area contributed by atoms with Crippen LogP contribution in [0.2, 0.25) is 0 Å². The maximum absolute atomic E-state index is 11.6. The molecule has 5 N–H and O–H groups in total. The molecule has 0 atom stereocenters. The Bertz CT molecular complexity index is 779. The average Bonchev–Trinajstić information content (AvgIpc) is 3.47. The Morgan fingerprint density at radius 2 is 1.85 bits per heavy atom. The van der Waals surface area contributed by atoms with E-state index < -0.39 is 5.91 Å². The van der Waals surface area contributed by atoms with Crippen molar-refractivity contribution in [3.8, 4) is 0 Å². The fourth-order valence-electron chi connectivity index (χ4n) is 3.43. The van der Waals surface area contributed by atoms with Crippen LogP contribution in [0, 0.1) is 0 Å². The van der Waals surface area contributed by atoms with Crippen LogP contribution in [0.25, 0.3) is 0 Å². The zero-order valence-corrected chi connectivity index (χ0v) is 14.8. The molecule has 1 aromatic heterocycles.